The number of hydrogen-bond donors (Lipinski definition) is 1. The van der Waals surface area contributed by atoms with Crippen molar-refractivity contribution < 1.29 is 9.90 Å². The summed E-state index contributed by atoms with van der Waals surface area (Å²) in [7, 11) is 0. The van der Waals surface area contributed by atoms with Crippen LogP contribution >= 0.6 is 0 Å². The maximum atomic E-state index is 11.9. The summed E-state index contributed by atoms with van der Waals surface area (Å²) in [4.78, 5) is 14.0. The molecular formula is C14H14N2O2. The predicted octanol–water partition coefficient (Wildman–Crippen LogP) is 1.85. The average molecular weight is 242 g/mol. The number of carbonyl (C=O) groups excluding carboxylic acids is 1. The molecule has 1 N–H and O–H groups in total. The number of rotatable bonds is 2. The standard InChI is InChI=1S/C14H14N2O2/c17-13-6-12-8-15(10-14(18)16(12)9-13)7-11-4-2-1-3-5-11/h1-6,9,17H,7-8,10H2. The Kier molecular flexibility index (Phi) is 2.64. The Labute approximate surface area is 105 Å². The molecule has 0 saturated carbocycles. The predicted molar refractivity (Wildman–Crippen MR) is 67.3 cm³/mol. The zero-order valence-corrected chi connectivity index (χ0v) is 9.91. The van der Waals surface area contributed by atoms with Gasteiger partial charge in [0.1, 0.15) is 5.75 Å². The summed E-state index contributed by atoms with van der Waals surface area (Å²) in [5.41, 5.74) is 2.04. The van der Waals surface area contributed by atoms with Crippen molar-refractivity contribution in [3.8, 4) is 5.75 Å². The normalized spacial score (nSPS) is 15.7. The molecule has 18 heavy (non-hydrogen) atoms. The molecule has 0 bridgehead atoms. The first-order valence-corrected chi connectivity index (χ1v) is 5.92. The maximum absolute atomic E-state index is 11.9. The highest BCUT2D eigenvalue weighted by Gasteiger charge is 2.23. The van der Waals surface area contributed by atoms with E-state index in [0.29, 0.717) is 13.1 Å². The number of nitrogens with zero attached hydrogens (tertiary/aromatic N) is 2. The van der Waals surface area contributed by atoms with Gasteiger partial charge in [0.25, 0.3) is 0 Å². The Hall–Kier alpha value is -2.07. The second kappa shape index (κ2) is 4.31. The SMILES string of the molecule is O=C1CN(Cc2ccccc2)Cc2cc(O)cn21. The van der Waals surface area contributed by atoms with Crippen LogP contribution in [-0.4, -0.2) is 27.0 Å². The second-order valence-corrected chi connectivity index (χ2v) is 4.58. The summed E-state index contributed by atoms with van der Waals surface area (Å²) >= 11 is 0. The Balaban J connectivity index is 1.80. The lowest BCUT2D eigenvalue weighted by molar-refractivity contribution is 0.0786. The van der Waals surface area contributed by atoms with Crippen LogP contribution in [0.4, 0.5) is 0 Å². The van der Waals surface area contributed by atoms with Gasteiger partial charge in [-0.15, -0.1) is 0 Å². The fraction of sp³-hybridized carbons (Fsp3) is 0.214. The molecule has 2 aromatic rings. The van der Waals surface area contributed by atoms with Gasteiger partial charge in [-0.3, -0.25) is 14.3 Å². The zero-order chi connectivity index (χ0) is 12.5. The molecule has 0 atom stereocenters. The van der Waals surface area contributed by atoms with E-state index in [1.54, 1.807) is 6.07 Å². The van der Waals surface area contributed by atoms with Crippen molar-refractivity contribution in [3.05, 3.63) is 53.9 Å². The van der Waals surface area contributed by atoms with E-state index in [4.69, 9.17) is 0 Å². The summed E-state index contributed by atoms with van der Waals surface area (Å²) in [6, 6.07) is 11.7. The highest BCUT2D eigenvalue weighted by Crippen LogP contribution is 2.21. The topological polar surface area (TPSA) is 45.5 Å². The van der Waals surface area contributed by atoms with E-state index in [-0.39, 0.29) is 11.7 Å². The smallest absolute Gasteiger partial charge is 0.245 e. The van der Waals surface area contributed by atoms with Gasteiger partial charge in [0.15, 0.2) is 0 Å². The minimum atomic E-state index is 0.00693. The molecule has 0 radical (unpaired) electrons. The van der Waals surface area contributed by atoms with Crippen LogP contribution in [-0.2, 0) is 13.1 Å². The highest BCUT2D eigenvalue weighted by molar-refractivity contribution is 5.83. The molecule has 92 valence electrons. The summed E-state index contributed by atoms with van der Waals surface area (Å²) < 4.78 is 1.54. The van der Waals surface area contributed by atoms with Gasteiger partial charge in [0.2, 0.25) is 5.91 Å². The Bertz CT molecular complexity index is 575. The summed E-state index contributed by atoms with van der Waals surface area (Å²) in [5.74, 6) is 0.160. The quantitative estimate of drug-likeness (QED) is 0.874. The molecule has 0 unspecified atom stereocenters. The third kappa shape index (κ3) is 2.02. The number of carbonyl (C=O) groups is 1. The van der Waals surface area contributed by atoms with Crippen molar-refractivity contribution in [1.29, 1.82) is 0 Å². The number of benzene rings is 1. The molecule has 0 saturated heterocycles. The van der Waals surface area contributed by atoms with E-state index in [0.717, 1.165) is 12.2 Å². The van der Waals surface area contributed by atoms with E-state index in [9.17, 15) is 9.90 Å². The molecular weight excluding hydrogens is 228 g/mol. The fourth-order valence-corrected chi connectivity index (χ4v) is 2.35. The van der Waals surface area contributed by atoms with Crippen molar-refractivity contribution in [2.45, 2.75) is 13.1 Å². The zero-order valence-electron chi connectivity index (χ0n) is 9.91. The Morgan fingerprint density at radius 2 is 1.94 bits per heavy atom. The largest absolute Gasteiger partial charge is 0.506 e. The van der Waals surface area contributed by atoms with Gasteiger partial charge in [0.05, 0.1) is 12.7 Å². The third-order valence-corrected chi connectivity index (χ3v) is 3.15. The van der Waals surface area contributed by atoms with E-state index in [2.05, 4.69) is 17.0 Å². The van der Waals surface area contributed by atoms with Gasteiger partial charge >= 0.3 is 0 Å². The van der Waals surface area contributed by atoms with Gasteiger partial charge in [-0.2, -0.15) is 0 Å². The monoisotopic (exact) mass is 242 g/mol. The lowest BCUT2D eigenvalue weighted by Gasteiger charge is -2.26. The van der Waals surface area contributed by atoms with Crippen LogP contribution in [0.3, 0.4) is 0 Å². The molecule has 2 heterocycles. The molecule has 0 aliphatic carbocycles. The molecule has 0 fully saturated rings. The van der Waals surface area contributed by atoms with E-state index < -0.39 is 0 Å². The Morgan fingerprint density at radius 3 is 2.72 bits per heavy atom. The molecule has 0 amide bonds. The molecule has 1 aliphatic rings. The van der Waals surface area contributed by atoms with Crippen LogP contribution in [0.1, 0.15) is 16.1 Å². The molecule has 4 heteroatoms. The molecule has 4 nitrogen and oxygen atoms in total. The van der Waals surface area contributed by atoms with Crippen LogP contribution in [0.15, 0.2) is 42.6 Å². The summed E-state index contributed by atoms with van der Waals surface area (Å²) in [6.45, 7) is 1.82. The fourth-order valence-electron chi connectivity index (χ4n) is 2.35. The minimum absolute atomic E-state index is 0.00693. The molecule has 0 spiro atoms. The van der Waals surface area contributed by atoms with Crippen LogP contribution < -0.4 is 0 Å². The maximum Gasteiger partial charge on any atom is 0.245 e. The number of aromatic hydroxyl groups is 1. The Morgan fingerprint density at radius 1 is 1.17 bits per heavy atom. The third-order valence-electron chi connectivity index (χ3n) is 3.15. The van der Waals surface area contributed by atoms with E-state index in [1.165, 1.54) is 16.3 Å². The van der Waals surface area contributed by atoms with Crippen molar-refractivity contribution >= 4 is 5.91 Å². The van der Waals surface area contributed by atoms with Gasteiger partial charge in [-0.25, -0.2) is 0 Å². The first-order valence-electron chi connectivity index (χ1n) is 5.92. The number of aromatic nitrogens is 1. The van der Waals surface area contributed by atoms with E-state index in [1.807, 2.05) is 18.2 Å². The van der Waals surface area contributed by atoms with Gasteiger partial charge in [-0.1, -0.05) is 30.3 Å². The second-order valence-electron chi connectivity index (χ2n) is 4.58. The number of fused-ring (bicyclic) bond motifs is 1. The molecule has 3 rings (SSSR count). The van der Waals surface area contributed by atoms with Crippen molar-refractivity contribution in [2.75, 3.05) is 6.54 Å². The van der Waals surface area contributed by atoms with E-state index >= 15 is 0 Å². The highest BCUT2D eigenvalue weighted by atomic mass is 16.3. The molecule has 1 aliphatic heterocycles. The van der Waals surface area contributed by atoms with Crippen molar-refractivity contribution in [1.82, 2.24) is 9.47 Å². The summed E-state index contributed by atoms with van der Waals surface area (Å²) in [5, 5.41) is 9.43. The lowest BCUT2D eigenvalue weighted by Crippen LogP contribution is -2.38. The lowest BCUT2D eigenvalue weighted by atomic mass is 10.2. The van der Waals surface area contributed by atoms with Crippen LogP contribution in [0, 0.1) is 0 Å². The van der Waals surface area contributed by atoms with Gasteiger partial charge in [0, 0.05) is 24.8 Å². The van der Waals surface area contributed by atoms with Gasteiger partial charge < -0.3 is 5.11 Å². The first kappa shape index (κ1) is 11.0. The van der Waals surface area contributed by atoms with Gasteiger partial charge in [-0.05, 0) is 5.56 Å². The number of hydrogen-bond acceptors (Lipinski definition) is 3. The first-order chi connectivity index (χ1) is 8.72. The van der Waals surface area contributed by atoms with Crippen LogP contribution in [0.25, 0.3) is 0 Å². The minimum Gasteiger partial charge on any atom is -0.506 e. The van der Waals surface area contributed by atoms with Crippen LogP contribution in [0.5, 0.6) is 5.75 Å². The van der Waals surface area contributed by atoms with Crippen LogP contribution in [0.2, 0.25) is 0 Å². The molecule has 1 aromatic heterocycles. The average Bonchev–Trinajstić information content (AvgIpc) is 2.72. The van der Waals surface area contributed by atoms with Crippen molar-refractivity contribution in [2.24, 2.45) is 0 Å². The van der Waals surface area contributed by atoms with Crippen molar-refractivity contribution in [3.63, 3.8) is 0 Å². The molecule has 1 aromatic carbocycles. The summed E-state index contributed by atoms with van der Waals surface area (Å²) in [6.07, 6.45) is 1.48.